The fourth-order valence-corrected chi connectivity index (χ4v) is 3.66. The maximum absolute atomic E-state index is 14.6. The molecule has 4 rings (SSSR count). The molecule has 0 aromatic heterocycles. The maximum atomic E-state index is 14.6. The van der Waals surface area contributed by atoms with E-state index < -0.39 is 23.7 Å². The summed E-state index contributed by atoms with van der Waals surface area (Å²) in [4.78, 5) is 0. The SMILES string of the molecule is CCCCC1COC(c2ccc(C#Cc3ccc4c(F)c(F)ccc4c3)c(F)c2)OC1. The third-order valence-corrected chi connectivity index (χ3v) is 5.45. The highest BCUT2D eigenvalue weighted by molar-refractivity contribution is 5.84. The van der Waals surface area contributed by atoms with Gasteiger partial charge in [0.25, 0.3) is 0 Å². The highest BCUT2D eigenvalue weighted by Crippen LogP contribution is 2.28. The van der Waals surface area contributed by atoms with Gasteiger partial charge >= 0.3 is 0 Å². The van der Waals surface area contributed by atoms with Crippen molar-refractivity contribution in [2.75, 3.05) is 13.2 Å². The van der Waals surface area contributed by atoms with Crippen molar-refractivity contribution in [2.24, 2.45) is 5.92 Å². The lowest BCUT2D eigenvalue weighted by atomic mass is 10.0. The molecule has 2 nitrogen and oxygen atoms in total. The summed E-state index contributed by atoms with van der Waals surface area (Å²) < 4.78 is 53.3. The average Bonchev–Trinajstić information content (AvgIpc) is 2.79. The Balaban J connectivity index is 1.47. The number of rotatable bonds is 4. The minimum Gasteiger partial charge on any atom is -0.348 e. The molecule has 0 saturated carbocycles. The Kier molecular flexibility index (Phi) is 6.60. The molecule has 0 unspecified atom stereocenters. The molecule has 0 amide bonds. The van der Waals surface area contributed by atoms with Crippen LogP contribution in [-0.2, 0) is 9.47 Å². The predicted molar refractivity (Wildman–Crippen MR) is 114 cm³/mol. The average molecular weight is 424 g/mol. The van der Waals surface area contributed by atoms with Gasteiger partial charge in [-0.3, -0.25) is 0 Å². The fourth-order valence-electron chi connectivity index (χ4n) is 3.66. The molecule has 31 heavy (non-hydrogen) atoms. The van der Waals surface area contributed by atoms with E-state index in [-0.39, 0.29) is 10.9 Å². The summed E-state index contributed by atoms with van der Waals surface area (Å²) in [7, 11) is 0. The van der Waals surface area contributed by atoms with Gasteiger partial charge in [0, 0.05) is 22.4 Å². The molecule has 1 heterocycles. The Morgan fingerprint density at radius 1 is 0.903 bits per heavy atom. The Morgan fingerprint density at radius 2 is 1.71 bits per heavy atom. The van der Waals surface area contributed by atoms with Gasteiger partial charge in [0.2, 0.25) is 0 Å². The van der Waals surface area contributed by atoms with Gasteiger partial charge in [0.15, 0.2) is 17.9 Å². The summed E-state index contributed by atoms with van der Waals surface area (Å²) >= 11 is 0. The second-order valence-corrected chi connectivity index (χ2v) is 7.79. The van der Waals surface area contributed by atoms with Gasteiger partial charge in [0.05, 0.1) is 18.8 Å². The van der Waals surface area contributed by atoms with Crippen LogP contribution >= 0.6 is 0 Å². The van der Waals surface area contributed by atoms with Crippen LogP contribution in [0.3, 0.4) is 0 Å². The van der Waals surface area contributed by atoms with Crippen LogP contribution in [0.5, 0.6) is 0 Å². The van der Waals surface area contributed by atoms with Crippen molar-refractivity contribution >= 4 is 10.8 Å². The van der Waals surface area contributed by atoms with Crippen molar-refractivity contribution in [1.82, 2.24) is 0 Å². The lowest BCUT2D eigenvalue weighted by molar-refractivity contribution is -0.206. The van der Waals surface area contributed by atoms with E-state index in [1.54, 1.807) is 24.3 Å². The number of fused-ring (bicyclic) bond motifs is 1. The molecule has 1 fully saturated rings. The van der Waals surface area contributed by atoms with E-state index in [4.69, 9.17) is 9.47 Å². The summed E-state index contributed by atoms with van der Waals surface area (Å²) in [6.45, 7) is 3.38. The Bertz CT molecular complexity index is 1140. The van der Waals surface area contributed by atoms with Crippen molar-refractivity contribution in [3.63, 3.8) is 0 Å². The lowest BCUT2D eigenvalue weighted by Crippen LogP contribution is -2.27. The third-order valence-electron chi connectivity index (χ3n) is 5.45. The molecule has 3 aromatic carbocycles. The van der Waals surface area contributed by atoms with Crippen LogP contribution < -0.4 is 0 Å². The van der Waals surface area contributed by atoms with E-state index in [9.17, 15) is 13.2 Å². The monoisotopic (exact) mass is 424 g/mol. The van der Waals surface area contributed by atoms with Crippen LogP contribution in [0, 0.1) is 35.2 Å². The zero-order chi connectivity index (χ0) is 21.8. The van der Waals surface area contributed by atoms with Gasteiger partial charge in [-0.1, -0.05) is 49.8 Å². The van der Waals surface area contributed by atoms with Crippen molar-refractivity contribution in [2.45, 2.75) is 32.5 Å². The largest absolute Gasteiger partial charge is 0.348 e. The Morgan fingerprint density at radius 3 is 2.45 bits per heavy atom. The van der Waals surface area contributed by atoms with Gasteiger partial charge < -0.3 is 9.47 Å². The first-order valence-electron chi connectivity index (χ1n) is 10.5. The summed E-state index contributed by atoms with van der Waals surface area (Å²) in [5.41, 5.74) is 1.45. The molecular weight excluding hydrogens is 401 g/mol. The first kappa shape index (κ1) is 21.4. The minimum absolute atomic E-state index is 0.186. The smallest absolute Gasteiger partial charge is 0.183 e. The third kappa shape index (κ3) is 4.92. The summed E-state index contributed by atoms with van der Waals surface area (Å²) in [5, 5.41) is 0.718. The second-order valence-electron chi connectivity index (χ2n) is 7.79. The standard InChI is InChI=1S/C26H23F3O2/c1-2-3-4-18-15-30-26(31-16-18)21-9-8-19(24(28)14-21)7-5-17-6-11-22-20(13-17)10-12-23(27)25(22)29/h6,8-14,18,26H,2-4,15-16H2,1H3. The highest BCUT2D eigenvalue weighted by atomic mass is 19.2. The van der Waals surface area contributed by atoms with Gasteiger partial charge in [-0.2, -0.15) is 0 Å². The van der Waals surface area contributed by atoms with Crippen molar-refractivity contribution < 1.29 is 22.6 Å². The maximum Gasteiger partial charge on any atom is 0.183 e. The number of hydrogen-bond acceptors (Lipinski definition) is 2. The quantitative estimate of drug-likeness (QED) is 0.445. The van der Waals surface area contributed by atoms with Gasteiger partial charge in [-0.25, -0.2) is 13.2 Å². The molecule has 5 heteroatoms. The summed E-state index contributed by atoms with van der Waals surface area (Å²) in [6.07, 6.45) is 2.79. The summed E-state index contributed by atoms with van der Waals surface area (Å²) in [5.74, 6) is 3.84. The van der Waals surface area contributed by atoms with E-state index in [0.717, 1.165) is 25.3 Å². The molecule has 0 atom stereocenters. The molecule has 1 saturated heterocycles. The van der Waals surface area contributed by atoms with Crippen LogP contribution in [-0.4, -0.2) is 13.2 Å². The molecule has 0 bridgehead atoms. The lowest BCUT2D eigenvalue weighted by Gasteiger charge is -2.29. The van der Waals surface area contributed by atoms with Crippen LogP contribution in [0.15, 0.2) is 48.5 Å². The van der Waals surface area contributed by atoms with Crippen LogP contribution in [0.25, 0.3) is 10.8 Å². The Hall–Kier alpha value is -2.81. The van der Waals surface area contributed by atoms with E-state index in [0.29, 0.717) is 35.6 Å². The first-order chi connectivity index (χ1) is 15.0. The van der Waals surface area contributed by atoms with Crippen LogP contribution in [0.4, 0.5) is 13.2 Å². The van der Waals surface area contributed by atoms with E-state index in [1.807, 2.05) is 0 Å². The van der Waals surface area contributed by atoms with Crippen molar-refractivity contribution in [3.8, 4) is 11.8 Å². The molecule has 1 aliphatic heterocycles. The van der Waals surface area contributed by atoms with Gasteiger partial charge in [-0.15, -0.1) is 0 Å². The van der Waals surface area contributed by atoms with Crippen molar-refractivity contribution in [1.29, 1.82) is 0 Å². The van der Waals surface area contributed by atoms with Gasteiger partial charge in [-0.05, 0) is 42.1 Å². The molecule has 0 aliphatic carbocycles. The van der Waals surface area contributed by atoms with Crippen LogP contribution in [0.1, 0.15) is 49.2 Å². The highest BCUT2D eigenvalue weighted by Gasteiger charge is 2.23. The Labute approximate surface area is 180 Å². The fraction of sp³-hybridized carbons (Fsp3) is 0.308. The molecule has 3 aromatic rings. The first-order valence-corrected chi connectivity index (χ1v) is 10.5. The number of unbranched alkanes of at least 4 members (excludes halogenated alkanes) is 1. The minimum atomic E-state index is -0.893. The number of ether oxygens (including phenoxy) is 2. The molecule has 0 N–H and O–H groups in total. The normalized spacial score (nSPS) is 18.6. The van der Waals surface area contributed by atoms with E-state index >= 15 is 0 Å². The predicted octanol–water partition coefficient (Wildman–Crippen LogP) is 6.51. The van der Waals surface area contributed by atoms with E-state index in [1.165, 1.54) is 18.2 Å². The van der Waals surface area contributed by atoms with Crippen molar-refractivity contribution in [3.05, 3.63) is 82.7 Å². The molecule has 160 valence electrons. The van der Waals surface area contributed by atoms with Gasteiger partial charge in [0.1, 0.15) is 5.82 Å². The van der Waals surface area contributed by atoms with E-state index in [2.05, 4.69) is 18.8 Å². The number of hydrogen-bond donors (Lipinski definition) is 0. The number of halogens is 3. The zero-order valence-corrected chi connectivity index (χ0v) is 17.3. The molecular formula is C26H23F3O2. The zero-order valence-electron chi connectivity index (χ0n) is 17.3. The topological polar surface area (TPSA) is 18.5 Å². The number of benzene rings is 3. The summed E-state index contributed by atoms with van der Waals surface area (Å²) in [6, 6.07) is 12.0. The molecule has 0 radical (unpaired) electrons. The molecule has 1 aliphatic rings. The molecule has 0 spiro atoms. The second kappa shape index (κ2) is 9.55. The van der Waals surface area contributed by atoms with Crippen LogP contribution in [0.2, 0.25) is 0 Å².